The van der Waals surface area contributed by atoms with E-state index < -0.39 is 0 Å². The van der Waals surface area contributed by atoms with Crippen molar-refractivity contribution in [2.24, 2.45) is 0 Å². The fourth-order valence-electron chi connectivity index (χ4n) is 2.58. The number of halogens is 1. The lowest BCUT2D eigenvalue weighted by molar-refractivity contribution is 0.416. The standard InChI is InChI=1S/C19H20ClN5O/c1-4-25(14-8-6-5-7-9-14)19-23-18(12-21-24-19)22-16-10-13(2)15(20)11-17(16)26-3/h5-12H,4H2,1-3H3,(H,22,23,24). The molecule has 26 heavy (non-hydrogen) atoms. The van der Waals surface area contributed by atoms with Gasteiger partial charge in [0.25, 0.3) is 5.95 Å². The highest BCUT2D eigenvalue weighted by molar-refractivity contribution is 6.31. The molecule has 3 rings (SSSR count). The number of nitrogens with zero attached hydrogens (tertiary/aromatic N) is 4. The van der Waals surface area contributed by atoms with Crippen LogP contribution in [0.4, 0.5) is 23.1 Å². The van der Waals surface area contributed by atoms with Crippen LogP contribution in [0.2, 0.25) is 5.02 Å². The molecule has 0 saturated heterocycles. The molecule has 1 heterocycles. The zero-order chi connectivity index (χ0) is 18.5. The first-order valence-corrected chi connectivity index (χ1v) is 8.63. The number of ether oxygens (including phenoxy) is 1. The van der Waals surface area contributed by atoms with Crippen LogP contribution in [0.25, 0.3) is 0 Å². The summed E-state index contributed by atoms with van der Waals surface area (Å²) in [5.74, 6) is 1.73. The van der Waals surface area contributed by atoms with E-state index in [1.165, 1.54) is 0 Å². The maximum atomic E-state index is 6.17. The minimum Gasteiger partial charge on any atom is -0.495 e. The lowest BCUT2D eigenvalue weighted by Crippen LogP contribution is -2.19. The second kappa shape index (κ2) is 8.01. The van der Waals surface area contributed by atoms with Gasteiger partial charge in [0.1, 0.15) is 5.75 Å². The van der Waals surface area contributed by atoms with Crippen LogP contribution in [0, 0.1) is 6.92 Å². The summed E-state index contributed by atoms with van der Waals surface area (Å²) >= 11 is 6.17. The Hall–Kier alpha value is -2.86. The number of para-hydroxylation sites is 1. The van der Waals surface area contributed by atoms with Gasteiger partial charge in [-0.2, -0.15) is 10.1 Å². The zero-order valence-electron chi connectivity index (χ0n) is 14.9. The van der Waals surface area contributed by atoms with Crippen molar-refractivity contribution in [2.45, 2.75) is 13.8 Å². The molecule has 0 spiro atoms. The van der Waals surface area contributed by atoms with Crippen molar-refractivity contribution >= 4 is 34.7 Å². The summed E-state index contributed by atoms with van der Waals surface area (Å²) in [6.45, 7) is 4.70. The van der Waals surface area contributed by atoms with Crippen LogP contribution in [0.1, 0.15) is 12.5 Å². The third-order valence-electron chi connectivity index (χ3n) is 3.92. The van der Waals surface area contributed by atoms with E-state index in [0.29, 0.717) is 22.5 Å². The third-order valence-corrected chi connectivity index (χ3v) is 4.32. The molecule has 0 amide bonds. The van der Waals surface area contributed by atoms with Crippen molar-refractivity contribution in [1.29, 1.82) is 0 Å². The van der Waals surface area contributed by atoms with Crippen molar-refractivity contribution in [3.63, 3.8) is 0 Å². The average molecular weight is 370 g/mol. The first kappa shape index (κ1) is 17.9. The molecule has 0 atom stereocenters. The number of anilines is 4. The molecular weight excluding hydrogens is 350 g/mol. The van der Waals surface area contributed by atoms with E-state index in [4.69, 9.17) is 16.3 Å². The molecule has 1 N–H and O–H groups in total. The van der Waals surface area contributed by atoms with E-state index in [0.717, 1.165) is 23.5 Å². The summed E-state index contributed by atoms with van der Waals surface area (Å²) in [7, 11) is 1.60. The van der Waals surface area contributed by atoms with Gasteiger partial charge in [-0.15, -0.1) is 5.10 Å². The highest BCUT2D eigenvalue weighted by atomic mass is 35.5. The van der Waals surface area contributed by atoms with Crippen LogP contribution in [-0.4, -0.2) is 28.8 Å². The second-order valence-electron chi connectivity index (χ2n) is 5.65. The molecule has 1 aromatic heterocycles. The second-order valence-corrected chi connectivity index (χ2v) is 6.06. The van der Waals surface area contributed by atoms with Crippen molar-refractivity contribution in [1.82, 2.24) is 15.2 Å². The molecule has 0 radical (unpaired) electrons. The molecule has 0 aliphatic rings. The number of benzene rings is 2. The Morgan fingerprint density at radius 2 is 1.96 bits per heavy atom. The normalized spacial score (nSPS) is 10.5. The predicted molar refractivity (Wildman–Crippen MR) is 105 cm³/mol. The Kier molecular flexibility index (Phi) is 5.53. The maximum absolute atomic E-state index is 6.17. The van der Waals surface area contributed by atoms with Gasteiger partial charge in [-0.1, -0.05) is 29.8 Å². The third kappa shape index (κ3) is 3.86. The molecule has 3 aromatic rings. The van der Waals surface area contributed by atoms with E-state index in [-0.39, 0.29) is 0 Å². The number of aryl methyl sites for hydroxylation is 1. The van der Waals surface area contributed by atoms with Gasteiger partial charge in [-0.05, 0) is 37.6 Å². The van der Waals surface area contributed by atoms with Gasteiger partial charge >= 0.3 is 0 Å². The lowest BCUT2D eigenvalue weighted by atomic mass is 10.2. The van der Waals surface area contributed by atoms with Crippen molar-refractivity contribution in [3.05, 3.63) is 59.2 Å². The zero-order valence-corrected chi connectivity index (χ0v) is 15.7. The van der Waals surface area contributed by atoms with E-state index in [1.807, 2.05) is 55.1 Å². The van der Waals surface area contributed by atoms with Crippen LogP contribution in [0.3, 0.4) is 0 Å². The summed E-state index contributed by atoms with van der Waals surface area (Å²) in [5, 5.41) is 12.1. The number of rotatable bonds is 6. The van der Waals surface area contributed by atoms with E-state index >= 15 is 0 Å². The molecule has 0 saturated carbocycles. The molecule has 0 aliphatic carbocycles. The minimum absolute atomic E-state index is 0.522. The maximum Gasteiger partial charge on any atom is 0.251 e. The Labute approximate surface area is 157 Å². The highest BCUT2D eigenvalue weighted by Crippen LogP contribution is 2.33. The fraction of sp³-hybridized carbons (Fsp3) is 0.211. The topological polar surface area (TPSA) is 63.2 Å². The van der Waals surface area contributed by atoms with Crippen molar-refractivity contribution in [2.75, 3.05) is 23.9 Å². The van der Waals surface area contributed by atoms with Crippen molar-refractivity contribution in [3.8, 4) is 5.75 Å². The van der Waals surface area contributed by atoms with Crippen LogP contribution in [0.15, 0.2) is 48.7 Å². The van der Waals surface area contributed by atoms with Gasteiger partial charge in [-0.3, -0.25) is 0 Å². The number of hydrogen-bond donors (Lipinski definition) is 1. The number of nitrogens with one attached hydrogen (secondary N) is 1. The summed E-state index contributed by atoms with van der Waals surface area (Å²) in [6.07, 6.45) is 1.58. The first-order chi connectivity index (χ1) is 12.6. The van der Waals surface area contributed by atoms with Gasteiger partial charge in [-0.25, -0.2) is 0 Å². The van der Waals surface area contributed by atoms with E-state index in [9.17, 15) is 0 Å². The summed E-state index contributed by atoms with van der Waals surface area (Å²) in [4.78, 5) is 6.58. The highest BCUT2D eigenvalue weighted by Gasteiger charge is 2.13. The van der Waals surface area contributed by atoms with Gasteiger partial charge in [0, 0.05) is 23.3 Å². The average Bonchev–Trinajstić information content (AvgIpc) is 2.66. The first-order valence-electron chi connectivity index (χ1n) is 8.25. The van der Waals surface area contributed by atoms with Crippen LogP contribution in [-0.2, 0) is 0 Å². The van der Waals surface area contributed by atoms with Crippen molar-refractivity contribution < 1.29 is 4.74 Å². The summed E-state index contributed by atoms with van der Waals surface area (Å²) in [5.41, 5.74) is 2.72. The van der Waals surface area contributed by atoms with E-state index in [1.54, 1.807) is 19.4 Å². The predicted octanol–water partition coefficient (Wildman–Crippen LogP) is 4.74. The monoisotopic (exact) mass is 369 g/mol. The Morgan fingerprint density at radius 3 is 2.65 bits per heavy atom. The quantitative estimate of drug-likeness (QED) is 0.676. The van der Waals surface area contributed by atoms with Crippen LogP contribution < -0.4 is 15.0 Å². The molecule has 0 bridgehead atoms. The number of methoxy groups -OCH3 is 1. The SMILES string of the molecule is CCN(c1ccccc1)c1nncc(Nc2cc(C)c(Cl)cc2OC)n1. The van der Waals surface area contributed by atoms with Crippen LogP contribution in [0.5, 0.6) is 5.75 Å². The number of hydrogen-bond acceptors (Lipinski definition) is 6. The van der Waals surface area contributed by atoms with Crippen LogP contribution >= 0.6 is 11.6 Å². The molecule has 2 aromatic carbocycles. The molecule has 0 aliphatic heterocycles. The molecule has 7 heteroatoms. The van der Waals surface area contributed by atoms with Gasteiger partial charge in [0.2, 0.25) is 0 Å². The molecule has 6 nitrogen and oxygen atoms in total. The Morgan fingerprint density at radius 1 is 1.19 bits per heavy atom. The molecule has 0 unspecified atom stereocenters. The molecule has 134 valence electrons. The molecule has 0 fully saturated rings. The van der Waals surface area contributed by atoms with Gasteiger partial charge < -0.3 is 15.0 Å². The van der Waals surface area contributed by atoms with E-state index in [2.05, 4.69) is 20.5 Å². The minimum atomic E-state index is 0.522. The largest absolute Gasteiger partial charge is 0.495 e. The lowest BCUT2D eigenvalue weighted by Gasteiger charge is -2.20. The smallest absolute Gasteiger partial charge is 0.251 e. The molecular formula is C19H20ClN5O. The summed E-state index contributed by atoms with van der Waals surface area (Å²) in [6, 6.07) is 13.7. The van der Waals surface area contributed by atoms with Gasteiger partial charge in [0.15, 0.2) is 5.82 Å². The summed E-state index contributed by atoms with van der Waals surface area (Å²) < 4.78 is 5.40. The fourth-order valence-corrected chi connectivity index (χ4v) is 2.74. The Balaban J connectivity index is 1.92. The Bertz CT molecular complexity index is 888. The number of aromatic nitrogens is 3. The van der Waals surface area contributed by atoms with Gasteiger partial charge in [0.05, 0.1) is 19.0 Å².